The molecule has 5 heteroatoms. The van der Waals surface area contributed by atoms with Crippen molar-refractivity contribution in [2.75, 3.05) is 24.8 Å². The third-order valence-electron chi connectivity index (χ3n) is 4.54. The summed E-state index contributed by atoms with van der Waals surface area (Å²) in [6.07, 6.45) is 1.80. The maximum absolute atomic E-state index is 10.4. The smallest absolute Gasteiger partial charge is 0.231 e. The minimum Gasteiger partial charge on any atom is -0.454 e. The maximum atomic E-state index is 10.4. The van der Waals surface area contributed by atoms with Gasteiger partial charge in [-0.15, -0.1) is 0 Å². The molecule has 2 aliphatic rings. The molecular weight excluding hydrogens is 268 g/mol. The van der Waals surface area contributed by atoms with Crippen molar-refractivity contribution in [1.82, 2.24) is 4.98 Å². The fourth-order valence-corrected chi connectivity index (χ4v) is 2.93. The second-order valence-electron chi connectivity index (χ2n) is 6.18. The highest BCUT2D eigenvalue weighted by molar-refractivity contribution is 5.95. The average molecular weight is 286 g/mol. The molecule has 0 unspecified atom stereocenters. The number of rotatable bonds is 2. The van der Waals surface area contributed by atoms with Crippen LogP contribution in [0.25, 0.3) is 10.8 Å². The highest BCUT2D eigenvalue weighted by atomic mass is 16.7. The van der Waals surface area contributed by atoms with Crippen LogP contribution < -0.4 is 14.4 Å². The number of fused-ring (bicyclic) bond motifs is 2. The van der Waals surface area contributed by atoms with Gasteiger partial charge in [0, 0.05) is 11.6 Å². The number of anilines is 1. The quantitative estimate of drug-likeness (QED) is 0.917. The number of benzene rings is 1. The summed E-state index contributed by atoms with van der Waals surface area (Å²) in [7, 11) is 0. The van der Waals surface area contributed by atoms with Gasteiger partial charge in [0.2, 0.25) is 6.79 Å². The van der Waals surface area contributed by atoms with Crippen LogP contribution in [0, 0.1) is 5.92 Å². The Balaban J connectivity index is 1.74. The summed E-state index contributed by atoms with van der Waals surface area (Å²) in [5.74, 6) is 2.68. The molecule has 3 heterocycles. The van der Waals surface area contributed by atoms with Crippen molar-refractivity contribution in [2.45, 2.75) is 19.4 Å². The molecule has 0 aliphatic carbocycles. The van der Waals surface area contributed by atoms with Crippen molar-refractivity contribution in [3.05, 3.63) is 24.4 Å². The summed E-state index contributed by atoms with van der Waals surface area (Å²) in [5, 5.41) is 12.5. The largest absolute Gasteiger partial charge is 0.454 e. The minimum atomic E-state index is -0.611. The number of hydrogen-bond donors (Lipinski definition) is 1. The van der Waals surface area contributed by atoms with Gasteiger partial charge in [-0.3, -0.25) is 0 Å². The Labute approximate surface area is 123 Å². The fourth-order valence-electron chi connectivity index (χ4n) is 2.93. The molecule has 1 aromatic carbocycles. The molecule has 2 aliphatic heterocycles. The summed E-state index contributed by atoms with van der Waals surface area (Å²) in [5.41, 5.74) is -0.611. The molecule has 0 radical (unpaired) electrons. The topological polar surface area (TPSA) is 54.8 Å². The lowest BCUT2D eigenvalue weighted by Gasteiger charge is -2.49. The lowest BCUT2D eigenvalue weighted by atomic mass is 9.83. The molecule has 110 valence electrons. The van der Waals surface area contributed by atoms with Crippen LogP contribution in [-0.2, 0) is 0 Å². The second kappa shape index (κ2) is 4.24. The normalized spacial score (nSPS) is 19.1. The van der Waals surface area contributed by atoms with Crippen molar-refractivity contribution < 1.29 is 14.6 Å². The summed E-state index contributed by atoms with van der Waals surface area (Å²) < 4.78 is 10.9. The van der Waals surface area contributed by atoms with Crippen molar-refractivity contribution in [3.8, 4) is 11.5 Å². The lowest BCUT2D eigenvalue weighted by molar-refractivity contribution is -0.0302. The molecule has 1 fully saturated rings. The van der Waals surface area contributed by atoms with E-state index in [4.69, 9.17) is 9.47 Å². The van der Waals surface area contributed by atoms with Crippen LogP contribution in [0.3, 0.4) is 0 Å². The van der Waals surface area contributed by atoms with Gasteiger partial charge in [-0.25, -0.2) is 4.98 Å². The average Bonchev–Trinajstić information content (AvgIpc) is 2.87. The Kier molecular flexibility index (Phi) is 2.57. The molecule has 1 N–H and O–H groups in total. The number of aromatic nitrogens is 1. The van der Waals surface area contributed by atoms with Gasteiger partial charge in [-0.2, -0.15) is 0 Å². The number of nitrogens with zero attached hydrogens (tertiary/aromatic N) is 2. The fraction of sp³-hybridized carbons (Fsp3) is 0.438. The van der Waals surface area contributed by atoms with Crippen molar-refractivity contribution >= 4 is 16.6 Å². The zero-order chi connectivity index (χ0) is 14.6. The zero-order valence-electron chi connectivity index (χ0n) is 12.2. The van der Waals surface area contributed by atoms with E-state index >= 15 is 0 Å². The van der Waals surface area contributed by atoms with Gasteiger partial charge >= 0.3 is 0 Å². The maximum Gasteiger partial charge on any atom is 0.231 e. The molecule has 4 rings (SSSR count). The SMILES string of the molecule is CC(C)C1(O)CN(c2nccc3cc4c(cc23)OCO4)C1. The summed E-state index contributed by atoms with van der Waals surface area (Å²) in [4.78, 5) is 6.61. The van der Waals surface area contributed by atoms with E-state index < -0.39 is 5.60 Å². The monoisotopic (exact) mass is 286 g/mol. The van der Waals surface area contributed by atoms with Gasteiger partial charge in [0.1, 0.15) is 11.4 Å². The van der Waals surface area contributed by atoms with Crippen LogP contribution in [0.1, 0.15) is 13.8 Å². The third-order valence-corrected chi connectivity index (χ3v) is 4.54. The van der Waals surface area contributed by atoms with Crippen molar-refractivity contribution in [2.24, 2.45) is 5.92 Å². The Morgan fingerprint density at radius 3 is 2.67 bits per heavy atom. The predicted molar refractivity (Wildman–Crippen MR) is 79.9 cm³/mol. The molecule has 1 aromatic heterocycles. The molecule has 5 nitrogen and oxygen atoms in total. The molecule has 0 saturated carbocycles. The number of ether oxygens (including phenoxy) is 2. The second-order valence-corrected chi connectivity index (χ2v) is 6.18. The Hall–Kier alpha value is -2.01. The molecule has 0 atom stereocenters. The van der Waals surface area contributed by atoms with Crippen LogP contribution in [0.2, 0.25) is 0 Å². The van der Waals surface area contributed by atoms with E-state index in [1.807, 2.05) is 32.0 Å². The predicted octanol–water partition coefficient (Wildman–Crippen LogP) is 2.17. The molecule has 0 amide bonds. The van der Waals surface area contributed by atoms with E-state index in [9.17, 15) is 5.11 Å². The zero-order valence-corrected chi connectivity index (χ0v) is 12.2. The van der Waals surface area contributed by atoms with Crippen LogP contribution in [0.4, 0.5) is 5.82 Å². The summed E-state index contributed by atoms with van der Waals surface area (Å²) in [6, 6.07) is 5.93. The Bertz CT molecular complexity index is 708. The van der Waals surface area contributed by atoms with Gasteiger partial charge in [-0.1, -0.05) is 13.8 Å². The van der Waals surface area contributed by atoms with Crippen molar-refractivity contribution in [1.29, 1.82) is 0 Å². The highest BCUT2D eigenvalue weighted by Gasteiger charge is 2.44. The summed E-state index contributed by atoms with van der Waals surface area (Å²) >= 11 is 0. The van der Waals surface area contributed by atoms with Gasteiger partial charge in [0.15, 0.2) is 11.5 Å². The van der Waals surface area contributed by atoms with Crippen LogP contribution in [0.15, 0.2) is 24.4 Å². The van der Waals surface area contributed by atoms with Gasteiger partial charge < -0.3 is 19.5 Å². The number of β-amino-alcohol motifs (C(OH)–C–C–N with tert-alkyl or cyclic N) is 1. The number of hydrogen-bond acceptors (Lipinski definition) is 5. The molecule has 21 heavy (non-hydrogen) atoms. The van der Waals surface area contributed by atoms with Crippen LogP contribution in [0.5, 0.6) is 11.5 Å². The van der Waals surface area contributed by atoms with E-state index in [0.29, 0.717) is 13.1 Å². The molecule has 1 saturated heterocycles. The first-order valence-corrected chi connectivity index (χ1v) is 7.22. The van der Waals surface area contributed by atoms with Crippen LogP contribution >= 0.6 is 0 Å². The van der Waals surface area contributed by atoms with Gasteiger partial charge in [-0.05, 0) is 29.5 Å². The lowest BCUT2D eigenvalue weighted by Crippen LogP contribution is -2.65. The van der Waals surface area contributed by atoms with Gasteiger partial charge in [0.25, 0.3) is 0 Å². The Morgan fingerprint density at radius 2 is 1.95 bits per heavy atom. The van der Waals surface area contributed by atoms with E-state index in [2.05, 4.69) is 9.88 Å². The van der Waals surface area contributed by atoms with Gasteiger partial charge in [0.05, 0.1) is 13.1 Å². The van der Waals surface area contributed by atoms with E-state index in [1.165, 1.54) is 0 Å². The summed E-state index contributed by atoms with van der Waals surface area (Å²) in [6.45, 7) is 5.60. The Morgan fingerprint density at radius 1 is 1.24 bits per heavy atom. The van der Waals surface area contributed by atoms with Crippen LogP contribution in [-0.4, -0.2) is 35.6 Å². The van der Waals surface area contributed by atoms with E-state index in [1.54, 1.807) is 6.20 Å². The minimum absolute atomic E-state index is 0.240. The molecular formula is C16H18N2O3. The van der Waals surface area contributed by atoms with E-state index in [0.717, 1.165) is 28.1 Å². The number of aliphatic hydroxyl groups is 1. The standard InChI is InChI=1S/C16H18N2O3/c1-10(2)16(19)7-18(8-16)15-12-6-14-13(20-9-21-14)5-11(12)3-4-17-15/h3-6,10,19H,7-9H2,1-2H3. The third kappa shape index (κ3) is 1.84. The first kappa shape index (κ1) is 12.7. The first-order valence-electron chi connectivity index (χ1n) is 7.22. The highest BCUT2D eigenvalue weighted by Crippen LogP contribution is 2.41. The van der Waals surface area contributed by atoms with Crippen molar-refractivity contribution in [3.63, 3.8) is 0 Å². The first-order chi connectivity index (χ1) is 10.1. The van der Waals surface area contributed by atoms with E-state index in [-0.39, 0.29) is 12.7 Å². The number of pyridine rings is 1. The molecule has 2 aromatic rings. The molecule has 0 spiro atoms. The molecule has 0 bridgehead atoms.